The number of carbonyl (C=O) groups is 1. The van der Waals surface area contributed by atoms with E-state index in [2.05, 4.69) is 12.1 Å². The topological polar surface area (TPSA) is 88.2 Å². The van der Waals surface area contributed by atoms with Crippen molar-refractivity contribution in [2.75, 3.05) is 20.3 Å². The Kier molecular flexibility index (Phi) is 5.08. The number of oxime groups is 1. The van der Waals surface area contributed by atoms with Gasteiger partial charge in [0, 0.05) is 26.3 Å². The van der Waals surface area contributed by atoms with Gasteiger partial charge in [-0.2, -0.15) is 0 Å². The van der Waals surface area contributed by atoms with Crippen molar-refractivity contribution in [3.05, 3.63) is 0 Å². The number of amides is 1. The Morgan fingerprint density at radius 3 is 2.52 bits per heavy atom. The third-order valence-corrected chi connectivity index (χ3v) is 5.24. The number of nitrogens with zero attached hydrogens (tertiary/aromatic N) is 2. The molecule has 1 aliphatic carbocycles. The molecule has 2 fully saturated rings. The molecule has 2 unspecified atom stereocenters. The first-order chi connectivity index (χ1) is 10.0. The fraction of sp³-hybridized carbons (Fsp3) is 0.867. The van der Waals surface area contributed by atoms with Crippen LogP contribution in [0.25, 0.3) is 0 Å². The zero-order chi connectivity index (χ0) is 15.5. The maximum absolute atomic E-state index is 13.1. The average Bonchev–Trinajstić information content (AvgIpc) is 2.53. The van der Waals surface area contributed by atoms with Gasteiger partial charge < -0.3 is 20.6 Å². The van der Waals surface area contributed by atoms with Gasteiger partial charge in [0.05, 0.1) is 0 Å². The van der Waals surface area contributed by atoms with Crippen molar-refractivity contribution in [3.8, 4) is 0 Å². The van der Waals surface area contributed by atoms with Crippen molar-refractivity contribution in [2.24, 2.45) is 22.2 Å². The molecule has 0 aromatic heterocycles. The third-order valence-electron chi connectivity index (χ3n) is 5.24. The molecule has 0 aromatic carbocycles. The van der Waals surface area contributed by atoms with Crippen molar-refractivity contribution < 1.29 is 14.7 Å². The Morgan fingerprint density at radius 2 is 1.95 bits per heavy atom. The van der Waals surface area contributed by atoms with E-state index in [9.17, 15) is 4.79 Å². The fourth-order valence-corrected chi connectivity index (χ4v) is 3.76. The number of hydrogen-bond acceptors (Lipinski definition) is 4. The van der Waals surface area contributed by atoms with Crippen LogP contribution in [0.2, 0.25) is 0 Å². The summed E-state index contributed by atoms with van der Waals surface area (Å²) in [4.78, 5) is 14.9. The summed E-state index contributed by atoms with van der Waals surface area (Å²) in [5.74, 6) is 0.489. The largest absolute Gasteiger partial charge is 0.409 e. The van der Waals surface area contributed by atoms with Gasteiger partial charge in [-0.3, -0.25) is 4.79 Å². The molecule has 1 saturated carbocycles. The van der Waals surface area contributed by atoms with Crippen LogP contribution in [-0.4, -0.2) is 48.2 Å². The number of ether oxygens (including phenoxy) is 1. The SMILES string of the molecule is CC1CCCCC1N(C)C(=O)C1(C(N)=NO)CCOCC1. The first-order valence-corrected chi connectivity index (χ1v) is 7.86. The van der Waals surface area contributed by atoms with Gasteiger partial charge in [0.1, 0.15) is 5.41 Å². The molecule has 2 atom stereocenters. The second-order valence-electron chi connectivity index (χ2n) is 6.42. The van der Waals surface area contributed by atoms with E-state index in [0.717, 1.165) is 19.3 Å². The predicted molar refractivity (Wildman–Crippen MR) is 80.1 cm³/mol. The lowest BCUT2D eigenvalue weighted by Crippen LogP contribution is -2.56. The molecule has 0 spiro atoms. The summed E-state index contributed by atoms with van der Waals surface area (Å²) in [5.41, 5.74) is 4.98. The molecular weight excluding hydrogens is 270 g/mol. The highest BCUT2D eigenvalue weighted by atomic mass is 16.5. The smallest absolute Gasteiger partial charge is 0.236 e. The van der Waals surface area contributed by atoms with Crippen LogP contribution in [0, 0.1) is 11.3 Å². The van der Waals surface area contributed by atoms with Crippen molar-refractivity contribution in [3.63, 3.8) is 0 Å². The van der Waals surface area contributed by atoms with Crippen LogP contribution in [-0.2, 0) is 9.53 Å². The van der Waals surface area contributed by atoms with Crippen LogP contribution in [0.15, 0.2) is 5.16 Å². The third kappa shape index (κ3) is 3.00. The highest BCUT2D eigenvalue weighted by Gasteiger charge is 2.47. The lowest BCUT2D eigenvalue weighted by Gasteiger charge is -2.43. The summed E-state index contributed by atoms with van der Waals surface area (Å²) >= 11 is 0. The standard InChI is InChI=1S/C15H27N3O3/c1-11-5-3-4-6-12(11)18(2)14(19)15(13(16)17-20)7-9-21-10-8-15/h11-12,20H,3-10H2,1-2H3,(H2,16,17). The maximum Gasteiger partial charge on any atom is 0.236 e. The molecule has 3 N–H and O–H groups in total. The Bertz CT molecular complexity index is 405. The van der Waals surface area contributed by atoms with Gasteiger partial charge in [0.15, 0.2) is 5.84 Å². The van der Waals surface area contributed by atoms with Crippen molar-refractivity contribution in [1.82, 2.24) is 4.90 Å². The predicted octanol–water partition coefficient (Wildman–Crippen LogP) is 1.57. The molecule has 120 valence electrons. The zero-order valence-corrected chi connectivity index (χ0v) is 13.0. The van der Waals surface area contributed by atoms with E-state index in [0.29, 0.717) is 32.0 Å². The maximum atomic E-state index is 13.1. The molecule has 1 aliphatic heterocycles. The molecule has 0 radical (unpaired) electrons. The van der Waals surface area contributed by atoms with E-state index in [4.69, 9.17) is 15.7 Å². The minimum Gasteiger partial charge on any atom is -0.409 e. The van der Waals surface area contributed by atoms with E-state index in [1.165, 1.54) is 6.42 Å². The Balaban J connectivity index is 2.21. The molecule has 1 amide bonds. The van der Waals surface area contributed by atoms with E-state index in [-0.39, 0.29) is 17.8 Å². The molecule has 6 nitrogen and oxygen atoms in total. The monoisotopic (exact) mass is 297 g/mol. The minimum atomic E-state index is -0.904. The molecule has 1 saturated heterocycles. The first-order valence-electron chi connectivity index (χ1n) is 7.86. The van der Waals surface area contributed by atoms with Gasteiger partial charge in [0.2, 0.25) is 5.91 Å². The number of amidine groups is 1. The molecule has 0 aromatic rings. The number of rotatable bonds is 3. The van der Waals surface area contributed by atoms with E-state index < -0.39 is 5.41 Å². The Hall–Kier alpha value is -1.30. The van der Waals surface area contributed by atoms with Crippen LogP contribution >= 0.6 is 0 Å². The van der Waals surface area contributed by atoms with E-state index in [1.54, 1.807) is 0 Å². The summed E-state index contributed by atoms with van der Waals surface area (Å²) in [6.07, 6.45) is 5.54. The fourth-order valence-electron chi connectivity index (χ4n) is 3.76. The number of nitrogens with two attached hydrogens (primary N) is 1. The average molecular weight is 297 g/mol. The Morgan fingerprint density at radius 1 is 1.33 bits per heavy atom. The second kappa shape index (κ2) is 6.64. The van der Waals surface area contributed by atoms with Gasteiger partial charge in [-0.05, 0) is 31.6 Å². The summed E-state index contributed by atoms with van der Waals surface area (Å²) in [6, 6.07) is 0.248. The van der Waals surface area contributed by atoms with Gasteiger partial charge in [0.25, 0.3) is 0 Å². The number of carbonyl (C=O) groups excluding carboxylic acids is 1. The zero-order valence-electron chi connectivity index (χ0n) is 13.0. The van der Waals surface area contributed by atoms with Gasteiger partial charge in [-0.15, -0.1) is 0 Å². The van der Waals surface area contributed by atoms with Crippen molar-refractivity contribution in [2.45, 2.75) is 51.5 Å². The quantitative estimate of drug-likeness (QED) is 0.358. The molecule has 0 bridgehead atoms. The summed E-state index contributed by atoms with van der Waals surface area (Å²) in [5, 5.41) is 12.2. The van der Waals surface area contributed by atoms with Crippen molar-refractivity contribution >= 4 is 11.7 Å². The van der Waals surface area contributed by atoms with Gasteiger partial charge in [-0.25, -0.2) is 0 Å². The van der Waals surface area contributed by atoms with Crippen LogP contribution in [0.5, 0.6) is 0 Å². The van der Waals surface area contributed by atoms with Crippen LogP contribution in [0.1, 0.15) is 45.4 Å². The Labute approximate surface area is 126 Å². The molecular formula is C15H27N3O3. The highest BCUT2D eigenvalue weighted by molar-refractivity contribution is 6.06. The molecule has 2 rings (SSSR count). The van der Waals surface area contributed by atoms with Gasteiger partial charge >= 0.3 is 0 Å². The molecule has 1 heterocycles. The lowest BCUT2D eigenvalue weighted by atomic mass is 9.76. The minimum absolute atomic E-state index is 0.0195. The highest BCUT2D eigenvalue weighted by Crippen LogP contribution is 2.36. The van der Waals surface area contributed by atoms with Crippen LogP contribution < -0.4 is 5.73 Å². The van der Waals surface area contributed by atoms with Gasteiger partial charge in [-0.1, -0.05) is 24.9 Å². The van der Waals surface area contributed by atoms with Crippen LogP contribution in [0.3, 0.4) is 0 Å². The molecule has 6 heteroatoms. The summed E-state index contributed by atoms with van der Waals surface area (Å²) in [7, 11) is 1.86. The van der Waals surface area contributed by atoms with Crippen LogP contribution in [0.4, 0.5) is 0 Å². The number of hydrogen-bond donors (Lipinski definition) is 2. The summed E-state index contributed by atoms with van der Waals surface area (Å²) < 4.78 is 5.35. The second-order valence-corrected chi connectivity index (χ2v) is 6.42. The molecule has 2 aliphatic rings. The normalized spacial score (nSPS) is 29.9. The first kappa shape index (κ1) is 16.1. The van der Waals surface area contributed by atoms with E-state index >= 15 is 0 Å². The van der Waals surface area contributed by atoms with E-state index in [1.807, 2.05) is 11.9 Å². The van der Waals surface area contributed by atoms with Crippen molar-refractivity contribution in [1.29, 1.82) is 0 Å². The molecule has 21 heavy (non-hydrogen) atoms. The lowest BCUT2D eigenvalue weighted by molar-refractivity contribution is -0.145. The summed E-state index contributed by atoms with van der Waals surface area (Å²) in [6.45, 7) is 3.14.